The van der Waals surface area contributed by atoms with Gasteiger partial charge in [0.1, 0.15) is 18.2 Å². The maximum atomic E-state index is 12.8. The number of benzene rings is 1. The van der Waals surface area contributed by atoms with E-state index < -0.39 is 17.7 Å². The van der Waals surface area contributed by atoms with Crippen molar-refractivity contribution in [3.05, 3.63) is 24.3 Å². The van der Waals surface area contributed by atoms with E-state index in [0.29, 0.717) is 17.8 Å². The first kappa shape index (κ1) is 22.6. The number of nitrogens with zero attached hydrogens (tertiary/aromatic N) is 1. The Morgan fingerprint density at radius 1 is 1.07 bits per heavy atom. The van der Waals surface area contributed by atoms with E-state index in [0.717, 1.165) is 0 Å². The van der Waals surface area contributed by atoms with Gasteiger partial charge in [0.05, 0.1) is 12.6 Å². The predicted octanol–water partition coefficient (Wildman–Crippen LogP) is 2.23. The van der Waals surface area contributed by atoms with Gasteiger partial charge in [-0.15, -0.1) is 0 Å². The smallest absolute Gasteiger partial charge is 0.411 e. The van der Waals surface area contributed by atoms with Gasteiger partial charge in [0.25, 0.3) is 0 Å². The van der Waals surface area contributed by atoms with E-state index in [-0.39, 0.29) is 31.1 Å². The van der Waals surface area contributed by atoms with Crippen molar-refractivity contribution < 1.29 is 28.6 Å². The zero-order chi connectivity index (χ0) is 21.6. The Morgan fingerprint density at radius 3 is 2.17 bits per heavy atom. The highest BCUT2D eigenvalue weighted by Gasteiger charge is 2.41. The Kier molecular flexibility index (Phi) is 7.58. The Hall–Kier alpha value is -2.65. The van der Waals surface area contributed by atoms with Crippen LogP contribution in [-0.4, -0.2) is 67.9 Å². The third kappa shape index (κ3) is 6.72. The molecule has 0 unspecified atom stereocenters. The lowest BCUT2D eigenvalue weighted by atomic mass is 10.1. The molecule has 1 fully saturated rings. The normalized spacial score (nSPS) is 19.0. The third-order valence-electron chi connectivity index (χ3n) is 4.24. The molecule has 0 bridgehead atoms. The Morgan fingerprint density at radius 2 is 1.66 bits per heavy atom. The van der Waals surface area contributed by atoms with Crippen molar-refractivity contribution in [2.24, 2.45) is 0 Å². The lowest BCUT2D eigenvalue weighted by Gasteiger charge is -2.27. The van der Waals surface area contributed by atoms with E-state index in [2.05, 4.69) is 10.6 Å². The fraction of sp³-hybridized carbons (Fsp3) is 0.550. The summed E-state index contributed by atoms with van der Waals surface area (Å²) in [6.45, 7) is 5.57. The topological polar surface area (TPSA) is 106 Å². The Labute approximate surface area is 170 Å². The number of hydrogen-bond donors (Lipinski definition) is 2. The van der Waals surface area contributed by atoms with E-state index in [9.17, 15) is 14.4 Å². The van der Waals surface area contributed by atoms with Crippen LogP contribution in [-0.2, 0) is 23.8 Å². The SMILES string of the molecule is COCC(=O)Nc1ccc(NC(=O)[C@H]2C[C@H](OC)CN2C(=O)OC(C)(C)C)cc1. The van der Waals surface area contributed by atoms with E-state index in [1.165, 1.54) is 12.0 Å². The van der Waals surface area contributed by atoms with E-state index in [4.69, 9.17) is 14.2 Å². The van der Waals surface area contributed by atoms with Gasteiger partial charge in [-0.2, -0.15) is 0 Å². The molecule has 9 heteroatoms. The molecule has 0 aliphatic carbocycles. The number of carbonyl (C=O) groups is 3. The highest BCUT2D eigenvalue weighted by atomic mass is 16.6. The second-order valence-electron chi connectivity index (χ2n) is 7.79. The summed E-state index contributed by atoms with van der Waals surface area (Å²) in [6.07, 6.45) is -0.405. The molecule has 0 spiro atoms. The molecule has 1 aromatic carbocycles. The highest BCUT2D eigenvalue weighted by molar-refractivity contribution is 5.97. The summed E-state index contributed by atoms with van der Waals surface area (Å²) < 4.78 is 15.5. The first-order valence-corrected chi connectivity index (χ1v) is 9.35. The van der Waals surface area contributed by atoms with Crippen molar-refractivity contribution >= 4 is 29.3 Å². The number of rotatable bonds is 6. The van der Waals surface area contributed by atoms with Crippen molar-refractivity contribution in [2.45, 2.75) is 44.9 Å². The summed E-state index contributed by atoms with van der Waals surface area (Å²) in [5.74, 6) is -0.597. The van der Waals surface area contributed by atoms with Crippen LogP contribution < -0.4 is 10.6 Å². The first-order valence-electron chi connectivity index (χ1n) is 9.35. The van der Waals surface area contributed by atoms with Crippen LogP contribution in [0.1, 0.15) is 27.2 Å². The van der Waals surface area contributed by atoms with Crippen molar-refractivity contribution in [3.8, 4) is 0 Å². The first-order chi connectivity index (χ1) is 13.6. The minimum atomic E-state index is -0.698. The summed E-state index contributed by atoms with van der Waals surface area (Å²) in [4.78, 5) is 38.2. The number of anilines is 2. The number of hydrogen-bond acceptors (Lipinski definition) is 6. The average molecular weight is 407 g/mol. The molecule has 1 heterocycles. The van der Waals surface area contributed by atoms with Crippen molar-refractivity contribution in [1.29, 1.82) is 0 Å². The third-order valence-corrected chi connectivity index (χ3v) is 4.24. The maximum absolute atomic E-state index is 12.8. The van der Waals surface area contributed by atoms with E-state index in [1.807, 2.05) is 0 Å². The van der Waals surface area contributed by atoms with Gasteiger partial charge in [-0.05, 0) is 45.0 Å². The molecule has 1 aliphatic rings. The molecule has 2 N–H and O–H groups in total. The second-order valence-corrected chi connectivity index (χ2v) is 7.79. The number of methoxy groups -OCH3 is 2. The Balaban J connectivity index is 2.03. The Bertz CT molecular complexity index is 729. The van der Waals surface area contributed by atoms with Crippen LogP contribution in [0.3, 0.4) is 0 Å². The zero-order valence-corrected chi connectivity index (χ0v) is 17.5. The minimum absolute atomic E-state index is 0.0403. The molecule has 29 heavy (non-hydrogen) atoms. The van der Waals surface area contributed by atoms with Gasteiger partial charge < -0.3 is 24.8 Å². The van der Waals surface area contributed by atoms with Crippen LogP contribution in [0.15, 0.2) is 24.3 Å². The van der Waals surface area contributed by atoms with Crippen molar-refractivity contribution in [2.75, 3.05) is 38.0 Å². The van der Waals surface area contributed by atoms with Gasteiger partial charge in [0.2, 0.25) is 11.8 Å². The van der Waals surface area contributed by atoms with Crippen molar-refractivity contribution in [3.63, 3.8) is 0 Å². The molecule has 0 radical (unpaired) electrons. The van der Waals surface area contributed by atoms with Crippen LogP contribution in [0.4, 0.5) is 16.2 Å². The monoisotopic (exact) mass is 407 g/mol. The molecule has 1 aliphatic heterocycles. The van der Waals surface area contributed by atoms with Crippen LogP contribution in [0.2, 0.25) is 0 Å². The molecule has 0 aromatic heterocycles. The molecule has 2 rings (SSSR count). The summed E-state index contributed by atoms with van der Waals surface area (Å²) in [6, 6.07) is 5.97. The summed E-state index contributed by atoms with van der Waals surface area (Å²) in [7, 11) is 2.99. The zero-order valence-electron chi connectivity index (χ0n) is 17.5. The molecular formula is C20H29N3O6. The molecule has 0 saturated carbocycles. The van der Waals surface area contributed by atoms with Gasteiger partial charge in [0.15, 0.2) is 0 Å². The largest absolute Gasteiger partial charge is 0.444 e. The lowest BCUT2D eigenvalue weighted by molar-refractivity contribution is -0.120. The molecule has 3 amide bonds. The molecular weight excluding hydrogens is 378 g/mol. The average Bonchev–Trinajstić information content (AvgIpc) is 3.07. The predicted molar refractivity (Wildman–Crippen MR) is 108 cm³/mol. The van der Waals surface area contributed by atoms with Crippen LogP contribution in [0.25, 0.3) is 0 Å². The lowest BCUT2D eigenvalue weighted by Crippen LogP contribution is -2.45. The van der Waals surface area contributed by atoms with Gasteiger partial charge in [-0.25, -0.2) is 4.79 Å². The quantitative estimate of drug-likeness (QED) is 0.749. The molecule has 9 nitrogen and oxygen atoms in total. The second kappa shape index (κ2) is 9.71. The summed E-state index contributed by atoms with van der Waals surface area (Å²) >= 11 is 0. The van der Waals surface area contributed by atoms with Gasteiger partial charge in [-0.3, -0.25) is 14.5 Å². The number of carbonyl (C=O) groups excluding carboxylic acids is 3. The maximum Gasteiger partial charge on any atom is 0.411 e. The van der Waals surface area contributed by atoms with E-state index >= 15 is 0 Å². The number of ether oxygens (including phenoxy) is 3. The highest BCUT2D eigenvalue weighted by Crippen LogP contribution is 2.24. The van der Waals surface area contributed by atoms with Crippen LogP contribution >= 0.6 is 0 Å². The number of amides is 3. The standard InChI is InChI=1S/C20H29N3O6/c1-20(2,3)29-19(26)23-11-15(28-5)10-16(23)18(25)22-14-8-6-13(7-9-14)21-17(24)12-27-4/h6-9,15-16H,10-12H2,1-5H3,(H,21,24)(H,22,25)/t15-,16+/m0/s1. The van der Waals surface area contributed by atoms with Gasteiger partial charge in [0, 0.05) is 32.0 Å². The number of likely N-dealkylation sites (tertiary alicyclic amines) is 1. The molecule has 2 atom stereocenters. The van der Waals surface area contributed by atoms with Gasteiger partial charge in [-0.1, -0.05) is 0 Å². The fourth-order valence-corrected chi connectivity index (χ4v) is 2.93. The number of nitrogens with one attached hydrogen (secondary N) is 2. The van der Waals surface area contributed by atoms with Gasteiger partial charge >= 0.3 is 6.09 Å². The van der Waals surface area contributed by atoms with Crippen molar-refractivity contribution in [1.82, 2.24) is 4.90 Å². The van der Waals surface area contributed by atoms with Crippen LogP contribution in [0, 0.1) is 0 Å². The minimum Gasteiger partial charge on any atom is -0.444 e. The molecule has 1 aromatic rings. The fourth-order valence-electron chi connectivity index (χ4n) is 2.93. The summed E-state index contributed by atoms with van der Waals surface area (Å²) in [5.41, 5.74) is 0.470. The molecule has 160 valence electrons. The van der Waals surface area contributed by atoms with Crippen LogP contribution in [0.5, 0.6) is 0 Å². The van der Waals surface area contributed by atoms with E-state index in [1.54, 1.807) is 52.1 Å². The molecule has 1 saturated heterocycles. The summed E-state index contributed by atoms with van der Waals surface area (Å²) in [5, 5.41) is 5.47.